The third-order valence-electron chi connectivity index (χ3n) is 1.67. The van der Waals surface area contributed by atoms with Crippen LogP contribution in [-0.4, -0.2) is 25.2 Å². The fraction of sp³-hybridized carbons (Fsp3) is 0.143. The SMILES string of the molecule is Cc1cc([N+](=O)[O-])cc([N+](=O)[O-])c1O.N.N.O=[N+]([O-])O.[Pt+2]. The Morgan fingerprint density at radius 2 is 1.38 bits per heavy atom. The molecule has 13 nitrogen and oxygen atoms in total. The van der Waals surface area contributed by atoms with Crippen LogP contribution in [0.4, 0.5) is 11.4 Å². The molecule has 0 atom stereocenters. The van der Waals surface area contributed by atoms with E-state index in [-0.39, 0.29) is 38.9 Å². The standard InChI is InChI=1S/C7H6N2O5.HNO3.2H3N.Pt/c1-4-2-5(8(11)12)3-6(7(4)10)9(13)14;2-1(3)4;;;/h2-3,10H,1H3;(H,2,3,4);2*1H3;/q;;;;+2. The summed E-state index contributed by atoms with van der Waals surface area (Å²) in [5.74, 6) is -0.541. The van der Waals surface area contributed by atoms with Crippen molar-refractivity contribution in [3.8, 4) is 5.75 Å². The van der Waals surface area contributed by atoms with Gasteiger partial charge in [-0.1, -0.05) is 0 Å². The fourth-order valence-electron chi connectivity index (χ4n) is 0.987. The van der Waals surface area contributed by atoms with Gasteiger partial charge in [0, 0.05) is 11.6 Å². The molecule has 0 radical (unpaired) electrons. The summed E-state index contributed by atoms with van der Waals surface area (Å²) in [5, 5.41) is 43.6. The molecule has 21 heavy (non-hydrogen) atoms. The predicted molar refractivity (Wildman–Crippen MR) is 65.0 cm³/mol. The minimum Gasteiger partial charge on any atom is -0.502 e. The van der Waals surface area contributed by atoms with Gasteiger partial charge in [0.25, 0.3) is 10.8 Å². The molecule has 1 rings (SSSR count). The van der Waals surface area contributed by atoms with Gasteiger partial charge < -0.3 is 22.6 Å². The number of hydrogen-bond acceptors (Lipinski definition) is 9. The van der Waals surface area contributed by atoms with E-state index in [1.807, 2.05) is 0 Å². The van der Waals surface area contributed by atoms with Crippen molar-refractivity contribution in [2.24, 2.45) is 0 Å². The van der Waals surface area contributed by atoms with Crippen LogP contribution in [0.3, 0.4) is 0 Å². The van der Waals surface area contributed by atoms with Crippen molar-refractivity contribution in [2.45, 2.75) is 6.92 Å². The van der Waals surface area contributed by atoms with Gasteiger partial charge in [-0.25, -0.2) is 0 Å². The molecular formula is C7H13N5O8Pt+2. The van der Waals surface area contributed by atoms with Crippen molar-refractivity contribution < 1.29 is 46.3 Å². The van der Waals surface area contributed by atoms with Gasteiger partial charge >= 0.3 is 26.8 Å². The first kappa shape index (κ1) is 27.1. The van der Waals surface area contributed by atoms with Crippen molar-refractivity contribution in [3.63, 3.8) is 0 Å². The maximum atomic E-state index is 10.4. The van der Waals surface area contributed by atoms with Crippen LogP contribution < -0.4 is 12.3 Å². The molecule has 122 valence electrons. The maximum Gasteiger partial charge on any atom is 2.00 e. The van der Waals surface area contributed by atoms with Crippen LogP contribution in [-0.2, 0) is 21.1 Å². The first-order valence-corrected chi connectivity index (χ1v) is 4.12. The van der Waals surface area contributed by atoms with Crippen molar-refractivity contribution in [2.75, 3.05) is 0 Å². The zero-order chi connectivity index (χ0) is 14.5. The Bertz CT molecular complexity index is 506. The average Bonchev–Trinajstić information content (AvgIpc) is 2.20. The van der Waals surface area contributed by atoms with Gasteiger partial charge in [0.05, 0.1) is 15.9 Å². The van der Waals surface area contributed by atoms with Gasteiger partial charge in [-0.2, -0.15) is 0 Å². The van der Waals surface area contributed by atoms with E-state index in [9.17, 15) is 25.3 Å². The van der Waals surface area contributed by atoms with E-state index in [0.29, 0.717) is 0 Å². The number of phenols is 1. The number of rotatable bonds is 2. The number of nitro groups is 2. The molecule has 0 aliphatic rings. The number of nitro benzene ring substituents is 2. The van der Waals surface area contributed by atoms with E-state index in [4.69, 9.17) is 15.3 Å². The second-order valence-electron chi connectivity index (χ2n) is 2.88. The Balaban J connectivity index is -0.000000185. The Kier molecular flexibility index (Phi) is 14.8. The fourth-order valence-corrected chi connectivity index (χ4v) is 0.987. The average molecular weight is 490 g/mol. The number of benzene rings is 1. The molecule has 0 saturated heterocycles. The zero-order valence-corrected chi connectivity index (χ0v) is 12.8. The number of non-ortho nitro benzene ring substituents is 1. The summed E-state index contributed by atoms with van der Waals surface area (Å²) >= 11 is 0. The van der Waals surface area contributed by atoms with Crippen LogP contribution in [0, 0.1) is 37.3 Å². The second kappa shape index (κ2) is 11.5. The summed E-state index contributed by atoms with van der Waals surface area (Å²) in [6.07, 6.45) is 0. The summed E-state index contributed by atoms with van der Waals surface area (Å²) in [4.78, 5) is 27.5. The first-order valence-electron chi connectivity index (χ1n) is 4.12. The van der Waals surface area contributed by atoms with Gasteiger partial charge in [-0.05, 0) is 6.92 Å². The maximum absolute atomic E-state index is 10.4. The monoisotopic (exact) mass is 490 g/mol. The zero-order valence-electron chi connectivity index (χ0n) is 10.6. The normalized spacial score (nSPS) is 7.67. The van der Waals surface area contributed by atoms with Crippen LogP contribution in [0.5, 0.6) is 5.75 Å². The van der Waals surface area contributed by atoms with Crippen LogP contribution in [0.25, 0.3) is 0 Å². The quantitative estimate of drug-likeness (QED) is 0.344. The molecule has 0 aliphatic heterocycles. The number of hydrogen-bond donors (Lipinski definition) is 4. The van der Waals surface area contributed by atoms with Crippen LogP contribution in [0.1, 0.15) is 5.56 Å². The summed E-state index contributed by atoms with van der Waals surface area (Å²) in [7, 11) is 0. The van der Waals surface area contributed by atoms with E-state index in [0.717, 1.165) is 12.1 Å². The summed E-state index contributed by atoms with van der Waals surface area (Å²) < 4.78 is 0. The summed E-state index contributed by atoms with van der Waals surface area (Å²) in [6, 6.07) is 1.80. The number of aryl methyl sites for hydroxylation is 1. The molecule has 0 aliphatic carbocycles. The third kappa shape index (κ3) is 9.20. The molecule has 1 aromatic carbocycles. The van der Waals surface area contributed by atoms with E-state index >= 15 is 0 Å². The largest absolute Gasteiger partial charge is 2.00 e. The Morgan fingerprint density at radius 3 is 1.67 bits per heavy atom. The number of phenolic OH excluding ortho intramolecular Hbond substituents is 1. The number of aromatic hydroxyl groups is 1. The molecule has 8 N–H and O–H groups in total. The van der Waals surface area contributed by atoms with Crippen LogP contribution >= 0.6 is 0 Å². The Hall–Kier alpha value is -2.37. The smallest absolute Gasteiger partial charge is 0.502 e. The number of nitrogens with zero attached hydrogens (tertiary/aromatic N) is 3. The van der Waals surface area contributed by atoms with E-state index < -0.39 is 32.1 Å². The van der Waals surface area contributed by atoms with Gasteiger partial charge in [0.2, 0.25) is 0 Å². The van der Waals surface area contributed by atoms with Crippen molar-refractivity contribution in [1.29, 1.82) is 0 Å². The van der Waals surface area contributed by atoms with Crippen molar-refractivity contribution in [3.05, 3.63) is 48.0 Å². The molecule has 1 aromatic rings. The van der Waals surface area contributed by atoms with Gasteiger partial charge in [0.1, 0.15) is 0 Å². The van der Waals surface area contributed by atoms with E-state index in [1.54, 1.807) is 0 Å². The summed E-state index contributed by atoms with van der Waals surface area (Å²) in [6.45, 7) is 1.36. The third-order valence-corrected chi connectivity index (χ3v) is 1.67. The molecule has 0 amide bonds. The summed E-state index contributed by atoms with van der Waals surface area (Å²) in [5.41, 5.74) is -0.963. The minimum absolute atomic E-state index is 0. The molecule has 0 aromatic heterocycles. The van der Waals surface area contributed by atoms with Crippen LogP contribution in [0.2, 0.25) is 0 Å². The van der Waals surface area contributed by atoms with Gasteiger partial charge in [-0.15, -0.1) is 10.1 Å². The second-order valence-corrected chi connectivity index (χ2v) is 2.88. The topological polar surface area (TPSA) is 240 Å². The Labute approximate surface area is 131 Å². The first-order chi connectivity index (χ1) is 8.16. The molecule has 14 heteroatoms. The predicted octanol–water partition coefficient (Wildman–Crippen LogP) is 1.49. The van der Waals surface area contributed by atoms with Gasteiger partial charge in [0.15, 0.2) is 5.75 Å². The van der Waals surface area contributed by atoms with E-state index in [1.165, 1.54) is 6.92 Å². The minimum atomic E-state index is -1.50. The molecule has 0 unspecified atom stereocenters. The van der Waals surface area contributed by atoms with E-state index in [2.05, 4.69) is 0 Å². The Morgan fingerprint density at radius 1 is 1.00 bits per heavy atom. The van der Waals surface area contributed by atoms with Gasteiger partial charge in [-0.3, -0.25) is 20.2 Å². The van der Waals surface area contributed by atoms with Crippen LogP contribution in [0.15, 0.2) is 12.1 Å². The van der Waals surface area contributed by atoms with Crippen molar-refractivity contribution >= 4 is 11.4 Å². The molecule has 0 fully saturated rings. The molecular weight excluding hydrogens is 477 g/mol. The molecule has 0 bridgehead atoms. The molecule has 0 saturated carbocycles. The van der Waals surface area contributed by atoms with Crippen molar-refractivity contribution in [1.82, 2.24) is 12.3 Å². The molecule has 0 spiro atoms. The molecule has 0 heterocycles.